The Balaban J connectivity index is 1.79. The molecule has 0 saturated heterocycles. The van der Waals surface area contributed by atoms with Crippen molar-refractivity contribution < 1.29 is 18.7 Å². The van der Waals surface area contributed by atoms with Crippen LogP contribution in [0.3, 0.4) is 0 Å². The normalized spacial score (nSPS) is 10.1. The summed E-state index contributed by atoms with van der Waals surface area (Å²) in [7, 11) is 0. The molecule has 0 fully saturated rings. The molecule has 0 atom stereocenters. The van der Waals surface area contributed by atoms with E-state index in [1.807, 2.05) is 24.3 Å². The highest BCUT2D eigenvalue weighted by Crippen LogP contribution is 2.15. The molecule has 0 aliphatic carbocycles. The van der Waals surface area contributed by atoms with Crippen LogP contribution in [0.15, 0.2) is 53.0 Å². The van der Waals surface area contributed by atoms with Gasteiger partial charge in [0.2, 0.25) is 0 Å². The number of esters is 1. The van der Waals surface area contributed by atoms with Crippen molar-refractivity contribution in [2.75, 3.05) is 6.61 Å². The van der Waals surface area contributed by atoms with Crippen molar-refractivity contribution in [2.45, 2.75) is 6.54 Å². The zero-order valence-corrected chi connectivity index (χ0v) is 13.1. The number of carbonyl (C=O) groups excluding carboxylic acids is 2. The second-order valence-corrected chi connectivity index (χ2v) is 5.31. The molecule has 0 bridgehead atoms. The van der Waals surface area contributed by atoms with Gasteiger partial charge >= 0.3 is 5.97 Å². The second-order valence-electron chi connectivity index (χ2n) is 4.45. The molecule has 0 heterocycles. The van der Waals surface area contributed by atoms with Crippen LogP contribution < -0.4 is 5.32 Å². The van der Waals surface area contributed by atoms with Gasteiger partial charge in [-0.25, -0.2) is 9.18 Å². The Labute approximate surface area is 135 Å². The summed E-state index contributed by atoms with van der Waals surface area (Å²) < 4.78 is 18.5. The molecule has 0 aliphatic heterocycles. The van der Waals surface area contributed by atoms with Crippen LogP contribution in [0, 0.1) is 5.82 Å². The number of ether oxygens (including phenoxy) is 1. The molecule has 0 spiro atoms. The fourth-order valence-corrected chi connectivity index (χ4v) is 2.11. The van der Waals surface area contributed by atoms with Gasteiger partial charge in [-0.2, -0.15) is 0 Å². The maximum absolute atomic E-state index is 12.7. The second kappa shape index (κ2) is 7.70. The van der Waals surface area contributed by atoms with E-state index in [0.717, 1.165) is 22.2 Å². The van der Waals surface area contributed by atoms with Gasteiger partial charge in [0.15, 0.2) is 6.61 Å². The lowest BCUT2D eigenvalue weighted by Crippen LogP contribution is -2.28. The Bertz CT molecular complexity index is 673. The first-order chi connectivity index (χ1) is 10.6. The SMILES string of the molecule is O=C(COC(=O)c1ccc(F)cc1)NCc1ccccc1Br. The molecule has 0 radical (unpaired) electrons. The van der Waals surface area contributed by atoms with Crippen LogP contribution in [0.2, 0.25) is 0 Å². The van der Waals surface area contributed by atoms with Crippen LogP contribution in [-0.2, 0) is 16.1 Å². The lowest BCUT2D eigenvalue weighted by molar-refractivity contribution is -0.124. The Morgan fingerprint density at radius 3 is 2.45 bits per heavy atom. The van der Waals surface area contributed by atoms with Crippen molar-refractivity contribution in [3.63, 3.8) is 0 Å². The number of nitrogens with one attached hydrogen (secondary N) is 1. The van der Waals surface area contributed by atoms with Crippen molar-refractivity contribution in [3.8, 4) is 0 Å². The summed E-state index contributed by atoms with van der Waals surface area (Å²) in [5.41, 5.74) is 1.11. The van der Waals surface area contributed by atoms with Crippen molar-refractivity contribution in [1.82, 2.24) is 5.32 Å². The summed E-state index contributed by atoms with van der Waals surface area (Å²) in [4.78, 5) is 23.3. The lowest BCUT2D eigenvalue weighted by atomic mass is 10.2. The molecule has 0 unspecified atom stereocenters. The van der Waals surface area contributed by atoms with Gasteiger partial charge in [0.25, 0.3) is 5.91 Å². The molecule has 114 valence electrons. The fraction of sp³-hybridized carbons (Fsp3) is 0.125. The quantitative estimate of drug-likeness (QED) is 0.828. The first-order valence-electron chi connectivity index (χ1n) is 6.49. The van der Waals surface area contributed by atoms with Gasteiger partial charge in [-0.3, -0.25) is 4.79 Å². The van der Waals surface area contributed by atoms with Crippen LogP contribution >= 0.6 is 15.9 Å². The van der Waals surface area contributed by atoms with E-state index in [-0.39, 0.29) is 12.2 Å². The minimum Gasteiger partial charge on any atom is -0.452 e. The summed E-state index contributed by atoms with van der Waals surface area (Å²) in [6.07, 6.45) is 0. The molecular formula is C16H13BrFNO3. The van der Waals surface area contributed by atoms with E-state index in [9.17, 15) is 14.0 Å². The predicted molar refractivity (Wildman–Crippen MR) is 82.7 cm³/mol. The number of hydrogen-bond donors (Lipinski definition) is 1. The molecule has 2 aromatic carbocycles. The standard InChI is InChI=1S/C16H13BrFNO3/c17-14-4-2-1-3-12(14)9-19-15(20)10-22-16(21)11-5-7-13(18)8-6-11/h1-8H,9-10H2,(H,19,20). The Kier molecular flexibility index (Phi) is 5.66. The number of rotatable bonds is 5. The van der Waals surface area contributed by atoms with Gasteiger partial charge in [-0.05, 0) is 35.9 Å². The van der Waals surface area contributed by atoms with Gasteiger partial charge < -0.3 is 10.1 Å². The molecule has 2 aromatic rings. The maximum Gasteiger partial charge on any atom is 0.338 e. The van der Waals surface area contributed by atoms with Crippen molar-refractivity contribution in [1.29, 1.82) is 0 Å². The minimum atomic E-state index is -0.670. The maximum atomic E-state index is 12.7. The van der Waals surface area contributed by atoms with Crippen LogP contribution in [0.5, 0.6) is 0 Å². The number of halogens is 2. The molecule has 0 saturated carbocycles. The van der Waals surface area contributed by atoms with Gasteiger partial charge in [-0.15, -0.1) is 0 Å². The van der Waals surface area contributed by atoms with Crippen LogP contribution in [-0.4, -0.2) is 18.5 Å². The smallest absolute Gasteiger partial charge is 0.338 e. The topological polar surface area (TPSA) is 55.4 Å². The summed E-state index contributed by atoms with van der Waals surface area (Å²) in [5, 5.41) is 2.65. The van der Waals surface area contributed by atoms with E-state index in [0.29, 0.717) is 6.54 Å². The Hall–Kier alpha value is -2.21. The molecule has 6 heteroatoms. The van der Waals surface area contributed by atoms with E-state index >= 15 is 0 Å². The Morgan fingerprint density at radius 2 is 1.77 bits per heavy atom. The summed E-state index contributed by atoms with van der Waals surface area (Å²) in [5.74, 6) is -1.52. The number of hydrogen-bond acceptors (Lipinski definition) is 3. The predicted octanol–water partition coefficient (Wildman–Crippen LogP) is 3.06. The van der Waals surface area contributed by atoms with Gasteiger partial charge in [0.05, 0.1) is 5.56 Å². The van der Waals surface area contributed by atoms with E-state index in [1.54, 1.807) is 0 Å². The van der Waals surface area contributed by atoms with Crippen LogP contribution in [0.1, 0.15) is 15.9 Å². The fourth-order valence-electron chi connectivity index (χ4n) is 1.69. The summed E-state index contributed by atoms with van der Waals surface area (Å²) in [6.45, 7) is -0.0605. The van der Waals surface area contributed by atoms with Gasteiger partial charge in [0, 0.05) is 11.0 Å². The van der Waals surface area contributed by atoms with Crippen LogP contribution in [0.4, 0.5) is 4.39 Å². The highest BCUT2D eigenvalue weighted by molar-refractivity contribution is 9.10. The molecule has 1 N–H and O–H groups in total. The van der Waals surface area contributed by atoms with E-state index in [1.165, 1.54) is 12.1 Å². The Morgan fingerprint density at radius 1 is 1.09 bits per heavy atom. The average molecular weight is 366 g/mol. The number of carbonyl (C=O) groups is 2. The summed E-state index contributed by atoms with van der Waals surface area (Å²) in [6, 6.07) is 12.4. The minimum absolute atomic E-state index is 0.194. The first-order valence-corrected chi connectivity index (χ1v) is 7.28. The first kappa shape index (κ1) is 16.2. The monoisotopic (exact) mass is 365 g/mol. The summed E-state index contributed by atoms with van der Waals surface area (Å²) >= 11 is 3.38. The molecule has 4 nitrogen and oxygen atoms in total. The number of amides is 1. The van der Waals surface area contributed by atoms with Gasteiger partial charge in [-0.1, -0.05) is 34.1 Å². The van der Waals surface area contributed by atoms with Gasteiger partial charge in [0.1, 0.15) is 5.82 Å². The van der Waals surface area contributed by atoms with Crippen LogP contribution in [0.25, 0.3) is 0 Å². The third-order valence-corrected chi connectivity index (χ3v) is 3.62. The molecule has 0 aliphatic rings. The molecule has 1 amide bonds. The average Bonchev–Trinajstić information content (AvgIpc) is 2.52. The molecule has 0 aromatic heterocycles. The molecule has 22 heavy (non-hydrogen) atoms. The highest BCUT2D eigenvalue weighted by Gasteiger charge is 2.10. The van der Waals surface area contributed by atoms with Crippen molar-refractivity contribution in [2.24, 2.45) is 0 Å². The third-order valence-electron chi connectivity index (χ3n) is 2.85. The zero-order chi connectivity index (χ0) is 15.9. The highest BCUT2D eigenvalue weighted by atomic mass is 79.9. The largest absolute Gasteiger partial charge is 0.452 e. The van der Waals surface area contributed by atoms with Crippen molar-refractivity contribution >= 4 is 27.8 Å². The third kappa shape index (κ3) is 4.66. The van der Waals surface area contributed by atoms with E-state index in [4.69, 9.17) is 4.74 Å². The van der Waals surface area contributed by atoms with E-state index in [2.05, 4.69) is 21.2 Å². The lowest BCUT2D eigenvalue weighted by Gasteiger charge is -2.08. The molecule has 2 rings (SSSR count). The molecular weight excluding hydrogens is 353 g/mol. The van der Waals surface area contributed by atoms with E-state index < -0.39 is 17.7 Å². The number of benzene rings is 2. The zero-order valence-electron chi connectivity index (χ0n) is 11.5. The van der Waals surface area contributed by atoms with Crippen molar-refractivity contribution in [3.05, 3.63) is 69.9 Å².